The fraction of sp³-hybridized carbons (Fsp3) is 0.100. The van der Waals surface area contributed by atoms with Crippen LogP contribution in [0, 0.1) is 10.1 Å². The first kappa shape index (κ1) is 11.9. The Labute approximate surface area is 91.2 Å². The smallest absolute Gasteiger partial charge is 0.274 e. The number of benzene rings is 1. The standard InChI is InChI=1S/C10H10N2O4/c11-10(14)4-2-7-1-3-9(12(15)16)8(5-7)6-13/h1-5,13H,6H2,(H2,11,14). The summed E-state index contributed by atoms with van der Waals surface area (Å²) in [7, 11) is 0. The maximum absolute atomic E-state index is 10.6. The lowest BCUT2D eigenvalue weighted by molar-refractivity contribution is -0.385. The van der Waals surface area contributed by atoms with Crippen molar-refractivity contribution >= 4 is 17.7 Å². The van der Waals surface area contributed by atoms with Crippen molar-refractivity contribution in [2.24, 2.45) is 5.73 Å². The molecule has 0 saturated heterocycles. The van der Waals surface area contributed by atoms with E-state index < -0.39 is 17.4 Å². The molecule has 6 nitrogen and oxygen atoms in total. The number of nitro benzene ring substituents is 1. The van der Waals surface area contributed by atoms with Crippen LogP contribution >= 0.6 is 0 Å². The average Bonchev–Trinajstić information content (AvgIpc) is 2.25. The van der Waals surface area contributed by atoms with E-state index in [1.54, 1.807) is 0 Å². The Bertz CT molecular complexity index is 454. The Hall–Kier alpha value is -2.21. The largest absolute Gasteiger partial charge is 0.391 e. The molecule has 16 heavy (non-hydrogen) atoms. The summed E-state index contributed by atoms with van der Waals surface area (Å²) >= 11 is 0. The van der Waals surface area contributed by atoms with Gasteiger partial charge in [-0.1, -0.05) is 0 Å². The Kier molecular flexibility index (Phi) is 3.73. The molecule has 0 aromatic heterocycles. The van der Waals surface area contributed by atoms with E-state index >= 15 is 0 Å². The number of rotatable bonds is 4. The lowest BCUT2D eigenvalue weighted by atomic mass is 10.1. The number of hydrogen-bond donors (Lipinski definition) is 2. The number of carbonyl (C=O) groups is 1. The van der Waals surface area contributed by atoms with Gasteiger partial charge in [0.25, 0.3) is 5.69 Å². The molecule has 0 radical (unpaired) electrons. The summed E-state index contributed by atoms with van der Waals surface area (Å²) in [5.41, 5.74) is 5.51. The van der Waals surface area contributed by atoms with Crippen LogP contribution in [0.2, 0.25) is 0 Å². The molecule has 0 unspecified atom stereocenters. The number of carbonyl (C=O) groups excluding carboxylic acids is 1. The van der Waals surface area contributed by atoms with Crippen LogP contribution in [-0.4, -0.2) is 15.9 Å². The van der Waals surface area contributed by atoms with Crippen LogP contribution in [0.4, 0.5) is 5.69 Å². The highest BCUT2D eigenvalue weighted by Crippen LogP contribution is 2.20. The van der Waals surface area contributed by atoms with Crippen LogP contribution in [0.25, 0.3) is 6.08 Å². The summed E-state index contributed by atoms with van der Waals surface area (Å²) in [5, 5.41) is 19.5. The highest BCUT2D eigenvalue weighted by Gasteiger charge is 2.12. The molecule has 84 valence electrons. The van der Waals surface area contributed by atoms with E-state index in [2.05, 4.69) is 0 Å². The first-order valence-electron chi connectivity index (χ1n) is 4.40. The lowest BCUT2D eigenvalue weighted by Crippen LogP contribution is -2.05. The number of hydrogen-bond acceptors (Lipinski definition) is 4. The molecule has 0 heterocycles. The van der Waals surface area contributed by atoms with E-state index in [1.807, 2.05) is 0 Å². The predicted octanol–water partition coefficient (Wildman–Crippen LogP) is 0.586. The summed E-state index contributed by atoms with van der Waals surface area (Å²) in [6.07, 6.45) is 2.56. The van der Waals surface area contributed by atoms with Gasteiger partial charge in [-0.05, 0) is 23.8 Å². The second-order valence-electron chi connectivity index (χ2n) is 3.04. The van der Waals surface area contributed by atoms with E-state index in [-0.39, 0.29) is 11.3 Å². The number of amides is 1. The van der Waals surface area contributed by atoms with Crippen molar-refractivity contribution in [1.29, 1.82) is 0 Å². The highest BCUT2D eigenvalue weighted by atomic mass is 16.6. The molecule has 0 aliphatic carbocycles. The van der Waals surface area contributed by atoms with Gasteiger partial charge in [0.2, 0.25) is 5.91 Å². The minimum atomic E-state index is -0.607. The van der Waals surface area contributed by atoms with Gasteiger partial charge in [-0.15, -0.1) is 0 Å². The molecule has 0 aliphatic rings. The van der Waals surface area contributed by atoms with Crippen molar-refractivity contribution in [3.8, 4) is 0 Å². The second kappa shape index (κ2) is 5.04. The molecule has 0 aliphatic heterocycles. The fourth-order valence-corrected chi connectivity index (χ4v) is 1.19. The molecule has 1 rings (SSSR count). The van der Waals surface area contributed by atoms with Crippen LogP contribution in [0.3, 0.4) is 0 Å². The molecule has 0 fully saturated rings. The zero-order chi connectivity index (χ0) is 12.1. The van der Waals surface area contributed by atoms with E-state index in [4.69, 9.17) is 10.8 Å². The molecule has 3 N–H and O–H groups in total. The van der Waals surface area contributed by atoms with E-state index in [1.165, 1.54) is 24.3 Å². The third kappa shape index (κ3) is 2.89. The van der Waals surface area contributed by atoms with Gasteiger partial charge < -0.3 is 10.8 Å². The van der Waals surface area contributed by atoms with Crippen molar-refractivity contribution in [3.63, 3.8) is 0 Å². The first-order valence-corrected chi connectivity index (χ1v) is 4.40. The molecule has 1 amide bonds. The van der Waals surface area contributed by atoms with E-state index in [0.29, 0.717) is 5.56 Å². The number of nitrogens with two attached hydrogens (primary N) is 1. The van der Waals surface area contributed by atoms with Crippen LogP contribution in [0.1, 0.15) is 11.1 Å². The van der Waals surface area contributed by atoms with Gasteiger partial charge in [0.05, 0.1) is 17.1 Å². The molecule has 1 aromatic rings. The van der Waals surface area contributed by atoms with Crippen molar-refractivity contribution in [3.05, 3.63) is 45.5 Å². The molecule has 0 bridgehead atoms. The normalized spacial score (nSPS) is 10.6. The van der Waals surface area contributed by atoms with Crippen molar-refractivity contribution in [2.45, 2.75) is 6.61 Å². The second-order valence-corrected chi connectivity index (χ2v) is 3.04. The molecular formula is C10H10N2O4. The maximum Gasteiger partial charge on any atom is 0.274 e. The Balaban J connectivity index is 3.09. The number of aliphatic hydroxyl groups excluding tert-OH is 1. The number of aliphatic hydroxyl groups is 1. The van der Waals surface area contributed by atoms with Gasteiger partial charge >= 0.3 is 0 Å². The summed E-state index contributed by atoms with van der Waals surface area (Å²) in [4.78, 5) is 20.5. The quantitative estimate of drug-likeness (QED) is 0.441. The van der Waals surface area contributed by atoms with Gasteiger partial charge in [-0.25, -0.2) is 0 Å². The summed E-state index contributed by atoms with van der Waals surface area (Å²) in [6.45, 7) is -0.436. The van der Waals surface area contributed by atoms with Gasteiger partial charge in [-0.3, -0.25) is 14.9 Å². The number of nitro groups is 1. The molecular weight excluding hydrogens is 212 g/mol. The number of nitrogens with zero attached hydrogens (tertiary/aromatic N) is 1. The molecule has 1 aromatic carbocycles. The van der Waals surface area contributed by atoms with Crippen LogP contribution < -0.4 is 5.73 Å². The van der Waals surface area contributed by atoms with Crippen molar-refractivity contribution < 1.29 is 14.8 Å². The third-order valence-electron chi connectivity index (χ3n) is 1.91. The average molecular weight is 222 g/mol. The van der Waals surface area contributed by atoms with E-state index in [0.717, 1.165) is 6.08 Å². The van der Waals surface area contributed by atoms with Crippen molar-refractivity contribution in [2.75, 3.05) is 0 Å². The van der Waals surface area contributed by atoms with Gasteiger partial charge in [0.15, 0.2) is 0 Å². The third-order valence-corrected chi connectivity index (χ3v) is 1.91. The maximum atomic E-state index is 10.6. The van der Waals surface area contributed by atoms with Gasteiger partial charge in [0, 0.05) is 12.1 Å². The zero-order valence-corrected chi connectivity index (χ0v) is 8.29. The number of primary amides is 1. The molecule has 0 atom stereocenters. The summed E-state index contributed by atoms with van der Waals surface area (Å²) in [5.74, 6) is -0.607. The first-order chi connectivity index (χ1) is 7.54. The lowest BCUT2D eigenvalue weighted by Gasteiger charge is -2.00. The Morgan fingerprint density at radius 1 is 1.56 bits per heavy atom. The summed E-state index contributed by atoms with van der Waals surface area (Å²) in [6, 6.07) is 4.17. The van der Waals surface area contributed by atoms with Gasteiger partial charge in [-0.2, -0.15) is 0 Å². The molecule has 6 heteroatoms. The zero-order valence-electron chi connectivity index (χ0n) is 8.29. The minimum Gasteiger partial charge on any atom is -0.391 e. The monoisotopic (exact) mass is 222 g/mol. The highest BCUT2D eigenvalue weighted by molar-refractivity contribution is 5.90. The Morgan fingerprint density at radius 2 is 2.25 bits per heavy atom. The van der Waals surface area contributed by atoms with E-state index in [9.17, 15) is 14.9 Å². The Morgan fingerprint density at radius 3 is 2.75 bits per heavy atom. The van der Waals surface area contributed by atoms with Crippen molar-refractivity contribution in [1.82, 2.24) is 0 Å². The van der Waals surface area contributed by atoms with Crippen LogP contribution in [0.15, 0.2) is 24.3 Å². The SMILES string of the molecule is NC(=O)C=Cc1ccc([N+](=O)[O-])c(CO)c1. The minimum absolute atomic E-state index is 0.154. The predicted molar refractivity (Wildman–Crippen MR) is 57.2 cm³/mol. The topological polar surface area (TPSA) is 106 Å². The molecule has 0 spiro atoms. The fourth-order valence-electron chi connectivity index (χ4n) is 1.19. The van der Waals surface area contributed by atoms with Gasteiger partial charge in [0.1, 0.15) is 0 Å². The van der Waals surface area contributed by atoms with Crippen LogP contribution in [-0.2, 0) is 11.4 Å². The summed E-state index contributed by atoms with van der Waals surface area (Å²) < 4.78 is 0. The van der Waals surface area contributed by atoms with Crippen LogP contribution in [0.5, 0.6) is 0 Å². The molecule has 0 saturated carbocycles.